The number of likely N-dealkylation sites (N-methyl/N-ethyl adjacent to an activating group) is 1. The summed E-state index contributed by atoms with van der Waals surface area (Å²) in [5.74, 6) is 0.208. The van der Waals surface area contributed by atoms with Crippen molar-refractivity contribution in [3.8, 4) is 5.75 Å². The third-order valence-electron chi connectivity index (χ3n) is 4.33. The van der Waals surface area contributed by atoms with Crippen molar-refractivity contribution in [3.05, 3.63) is 65.7 Å². The van der Waals surface area contributed by atoms with Gasteiger partial charge in [-0.1, -0.05) is 56.3 Å². The van der Waals surface area contributed by atoms with Gasteiger partial charge < -0.3 is 10.1 Å². The Balaban J connectivity index is 1.95. The number of benzene rings is 2. The first-order valence-electron chi connectivity index (χ1n) is 8.92. The Morgan fingerprint density at radius 1 is 1.08 bits per heavy atom. The number of rotatable bonds is 10. The quantitative estimate of drug-likeness (QED) is 0.666. The summed E-state index contributed by atoms with van der Waals surface area (Å²) in [5.41, 5.74) is 1.61. The van der Waals surface area contributed by atoms with E-state index in [2.05, 4.69) is 36.2 Å². The first kappa shape index (κ1) is 19.7. The fraction of sp³-hybridized carbons (Fsp3) is 0.333. The summed E-state index contributed by atoms with van der Waals surface area (Å²) in [6.07, 6.45) is 0.721. The SMILES string of the molecule is CCN(CC)C(CNC(=O)COc1ccccc1C=O)c1ccccc1. The third kappa shape index (κ3) is 5.43. The highest BCUT2D eigenvalue weighted by molar-refractivity contribution is 5.80. The molecule has 138 valence electrons. The van der Waals surface area contributed by atoms with Gasteiger partial charge in [-0.25, -0.2) is 0 Å². The number of amides is 1. The highest BCUT2D eigenvalue weighted by atomic mass is 16.5. The molecule has 0 aliphatic rings. The predicted octanol–water partition coefficient (Wildman–Crippen LogP) is 3.08. The Bertz CT molecular complexity index is 699. The van der Waals surface area contributed by atoms with E-state index >= 15 is 0 Å². The molecule has 0 saturated carbocycles. The van der Waals surface area contributed by atoms with Crippen molar-refractivity contribution < 1.29 is 14.3 Å². The van der Waals surface area contributed by atoms with Crippen LogP contribution in [-0.2, 0) is 4.79 Å². The van der Waals surface area contributed by atoms with Crippen LogP contribution >= 0.6 is 0 Å². The lowest BCUT2D eigenvalue weighted by atomic mass is 10.1. The van der Waals surface area contributed by atoms with E-state index < -0.39 is 0 Å². The Morgan fingerprint density at radius 3 is 2.38 bits per heavy atom. The largest absolute Gasteiger partial charge is 0.483 e. The summed E-state index contributed by atoms with van der Waals surface area (Å²) in [6, 6.07) is 17.1. The van der Waals surface area contributed by atoms with Crippen LogP contribution in [-0.4, -0.2) is 43.3 Å². The minimum Gasteiger partial charge on any atom is -0.483 e. The summed E-state index contributed by atoms with van der Waals surface area (Å²) in [4.78, 5) is 25.5. The van der Waals surface area contributed by atoms with Crippen LogP contribution in [0.5, 0.6) is 5.75 Å². The van der Waals surface area contributed by atoms with Crippen molar-refractivity contribution in [3.63, 3.8) is 0 Å². The van der Waals surface area contributed by atoms with E-state index in [9.17, 15) is 9.59 Å². The van der Waals surface area contributed by atoms with Gasteiger partial charge in [0, 0.05) is 6.54 Å². The van der Waals surface area contributed by atoms with Crippen molar-refractivity contribution in [1.82, 2.24) is 10.2 Å². The number of nitrogens with zero attached hydrogens (tertiary/aromatic N) is 1. The van der Waals surface area contributed by atoms with E-state index in [0.29, 0.717) is 17.9 Å². The van der Waals surface area contributed by atoms with E-state index in [1.54, 1.807) is 24.3 Å². The lowest BCUT2D eigenvalue weighted by molar-refractivity contribution is -0.123. The average molecular weight is 354 g/mol. The number of nitrogens with one attached hydrogen (secondary N) is 1. The Kier molecular flexibility index (Phi) is 7.83. The maximum Gasteiger partial charge on any atom is 0.258 e. The molecular weight excluding hydrogens is 328 g/mol. The molecule has 2 aromatic rings. The molecule has 0 aliphatic carbocycles. The normalized spacial score (nSPS) is 11.8. The number of aldehydes is 1. The summed E-state index contributed by atoms with van der Waals surface area (Å²) < 4.78 is 5.48. The first-order valence-corrected chi connectivity index (χ1v) is 8.92. The Hall–Kier alpha value is -2.66. The van der Waals surface area contributed by atoms with E-state index in [1.165, 1.54) is 5.56 Å². The van der Waals surface area contributed by atoms with Crippen molar-refractivity contribution in [1.29, 1.82) is 0 Å². The minimum absolute atomic E-state index is 0.109. The van der Waals surface area contributed by atoms with Gasteiger partial charge in [-0.15, -0.1) is 0 Å². The molecule has 2 aromatic carbocycles. The van der Waals surface area contributed by atoms with Crippen LogP contribution in [0.4, 0.5) is 0 Å². The molecule has 1 amide bonds. The Labute approximate surface area is 155 Å². The lowest BCUT2D eigenvalue weighted by Gasteiger charge is -2.30. The van der Waals surface area contributed by atoms with Crippen LogP contribution in [0.3, 0.4) is 0 Å². The topological polar surface area (TPSA) is 58.6 Å². The van der Waals surface area contributed by atoms with Gasteiger partial charge in [0.15, 0.2) is 12.9 Å². The number of para-hydroxylation sites is 1. The van der Waals surface area contributed by atoms with Crippen molar-refractivity contribution >= 4 is 12.2 Å². The maximum atomic E-state index is 12.2. The minimum atomic E-state index is -0.209. The zero-order valence-corrected chi connectivity index (χ0v) is 15.4. The molecule has 0 fully saturated rings. The smallest absolute Gasteiger partial charge is 0.258 e. The molecule has 0 spiro atoms. The molecule has 1 atom stereocenters. The summed E-state index contributed by atoms with van der Waals surface area (Å²) in [5, 5.41) is 2.94. The zero-order chi connectivity index (χ0) is 18.8. The second-order valence-corrected chi connectivity index (χ2v) is 5.90. The number of carbonyl (C=O) groups is 2. The van der Waals surface area contributed by atoms with Gasteiger partial charge in [0.05, 0.1) is 11.6 Å². The zero-order valence-electron chi connectivity index (χ0n) is 15.4. The molecule has 5 heteroatoms. The molecule has 0 radical (unpaired) electrons. The molecule has 1 unspecified atom stereocenters. The molecule has 26 heavy (non-hydrogen) atoms. The molecule has 0 bridgehead atoms. The molecule has 5 nitrogen and oxygen atoms in total. The molecule has 0 aromatic heterocycles. The number of carbonyl (C=O) groups excluding carboxylic acids is 2. The van der Waals surface area contributed by atoms with Gasteiger partial charge in [-0.2, -0.15) is 0 Å². The van der Waals surface area contributed by atoms with Crippen LogP contribution in [0.25, 0.3) is 0 Å². The van der Waals surface area contributed by atoms with Crippen LogP contribution in [0.2, 0.25) is 0 Å². The molecule has 2 rings (SSSR count). The second-order valence-electron chi connectivity index (χ2n) is 5.90. The summed E-state index contributed by atoms with van der Waals surface area (Å²) in [7, 11) is 0. The van der Waals surface area contributed by atoms with Gasteiger partial charge in [0.1, 0.15) is 5.75 Å². The number of ether oxygens (including phenoxy) is 1. The number of hydrogen-bond donors (Lipinski definition) is 1. The average Bonchev–Trinajstić information content (AvgIpc) is 2.70. The molecule has 0 saturated heterocycles. The second kappa shape index (κ2) is 10.4. The van der Waals surface area contributed by atoms with Gasteiger partial charge in [0.2, 0.25) is 0 Å². The van der Waals surface area contributed by atoms with E-state index in [0.717, 1.165) is 19.4 Å². The van der Waals surface area contributed by atoms with E-state index in [1.807, 2.05) is 18.2 Å². The van der Waals surface area contributed by atoms with Gasteiger partial charge >= 0.3 is 0 Å². The molecule has 0 heterocycles. The molecular formula is C21H26N2O3. The highest BCUT2D eigenvalue weighted by Gasteiger charge is 2.18. The summed E-state index contributed by atoms with van der Waals surface area (Å²) >= 11 is 0. The van der Waals surface area contributed by atoms with Crippen LogP contribution in [0.1, 0.15) is 35.8 Å². The van der Waals surface area contributed by atoms with Crippen LogP contribution in [0.15, 0.2) is 54.6 Å². The van der Waals surface area contributed by atoms with Gasteiger partial charge in [0.25, 0.3) is 5.91 Å². The van der Waals surface area contributed by atoms with E-state index in [4.69, 9.17) is 4.74 Å². The van der Waals surface area contributed by atoms with E-state index in [-0.39, 0.29) is 18.6 Å². The number of hydrogen-bond acceptors (Lipinski definition) is 4. The van der Waals surface area contributed by atoms with Crippen molar-refractivity contribution in [2.75, 3.05) is 26.2 Å². The third-order valence-corrected chi connectivity index (χ3v) is 4.33. The van der Waals surface area contributed by atoms with Crippen molar-refractivity contribution in [2.24, 2.45) is 0 Å². The van der Waals surface area contributed by atoms with Crippen LogP contribution < -0.4 is 10.1 Å². The highest BCUT2D eigenvalue weighted by Crippen LogP contribution is 2.19. The van der Waals surface area contributed by atoms with Crippen LogP contribution in [0, 0.1) is 0 Å². The predicted molar refractivity (Wildman–Crippen MR) is 102 cm³/mol. The van der Waals surface area contributed by atoms with Gasteiger partial charge in [-0.3, -0.25) is 14.5 Å². The fourth-order valence-electron chi connectivity index (χ4n) is 2.91. The molecule has 0 aliphatic heterocycles. The van der Waals surface area contributed by atoms with Gasteiger partial charge in [-0.05, 0) is 30.8 Å². The van der Waals surface area contributed by atoms with Crippen molar-refractivity contribution in [2.45, 2.75) is 19.9 Å². The monoisotopic (exact) mass is 354 g/mol. The fourth-order valence-corrected chi connectivity index (χ4v) is 2.91. The Morgan fingerprint density at radius 2 is 1.73 bits per heavy atom. The molecule has 1 N–H and O–H groups in total. The summed E-state index contributed by atoms with van der Waals surface area (Å²) in [6.45, 7) is 6.40. The first-order chi connectivity index (χ1) is 12.7. The maximum absolute atomic E-state index is 12.2. The standard InChI is InChI=1S/C21H26N2O3/c1-3-23(4-2)19(17-10-6-5-7-11-17)14-22-21(25)16-26-20-13-9-8-12-18(20)15-24/h5-13,15,19H,3-4,14,16H2,1-2H3,(H,22,25). The lowest BCUT2D eigenvalue weighted by Crippen LogP contribution is -2.39.